The first-order valence-electron chi connectivity index (χ1n) is 9.38. The van der Waals surface area contributed by atoms with Gasteiger partial charge >= 0.3 is 0 Å². The minimum Gasteiger partial charge on any atom is -0.497 e. The lowest BCUT2D eigenvalue weighted by molar-refractivity contribution is -0.128. The molecule has 0 saturated heterocycles. The lowest BCUT2D eigenvalue weighted by Crippen LogP contribution is -2.60. The van der Waals surface area contributed by atoms with E-state index < -0.39 is 5.54 Å². The molecule has 146 valence electrons. The van der Waals surface area contributed by atoms with Crippen LogP contribution in [0.5, 0.6) is 5.75 Å². The third-order valence-corrected chi connectivity index (χ3v) is 4.24. The van der Waals surface area contributed by atoms with Crippen molar-refractivity contribution in [2.75, 3.05) is 20.3 Å². The van der Waals surface area contributed by atoms with Gasteiger partial charge < -0.3 is 20.5 Å². The lowest BCUT2D eigenvalue weighted by Gasteiger charge is -2.36. The molecule has 3 N–H and O–H groups in total. The quantitative estimate of drug-likeness (QED) is 0.724. The number of rotatable bonds is 6. The topological polar surface area (TPSA) is 87.7 Å². The molecule has 2 rings (SSSR count). The molecule has 6 nitrogen and oxygen atoms in total. The van der Waals surface area contributed by atoms with Crippen molar-refractivity contribution in [3.63, 3.8) is 0 Å². The average molecular weight is 364 g/mol. The van der Waals surface area contributed by atoms with Gasteiger partial charge in [0.2, 0.25) is 5.91 Å². The largest absolute Gasteiger partial charge is 0.497 e. The van der Waals surface area contributed by atoms with Gasteiger partial charge in [-0.05, 0) is 37.1 Å². The van der Waals surface area contributed by atoms with Gasteiger partial charge in [-0.1, -0.05) is 39.5 Å². The monoisotopic (exact) mass is 364 g/mol. The molecule has 0 unspecified atom stereocenters. The minimum atomic E-state index is -0.884. The molecule has 0 heterocycles. The van der Waals surface area contributed by atoms with Gasteiger partial charge in [0.05, 0.1) is 13.7 Å². The van der Waals surface area contributed by atoms with Gasteiger partial charge in [0.25, 0.3) is 5.91 Å². The summed E-state index contributed by atoms with van der Waals surface area (Å²) in [5.41, 5.74) is -0.393. The van der Waals surface area contributed by atoms with E-state index in [0.717, 1.165) is 19.3 Å². The average Bonchev–Trinajstić information content (AvgIpc) is 2.67. The first-order valence-corrected chi connectivity index (χ1v) is 9.38. The molecule has 0 radical (unpaired) electrons. The standard InChI is InChI=1S/C17H24N2O4.C3H8/c1-23-14-7-5-13(6-8-14)15(21)19-17(9-3-2-4-10-17)16(22)18-11-12-20;1-3-2/h5-8,20H,2-4,9-12H2,1H3,(H,18,22)(H,19,21);3H2,1-2H3. The normalized spacial score (nSPS) is 15.2. The second-order valence-corrected chi connectivity index (χ2v) is 6.51. The van der Waals surface area contributed by atoms with E-state index >= 15 is 0 Å². The van der Waals surface area contributed by atoms with E-state index in [9.17, 15) is 9.59 Å². The Morgan fingerprint density at radius 3 is 2.19 bits per heavy atom. The molecule has 1 fully saturated rings. The van der Waals surface area contributed by atoms with Crippen LogP contribution in [0.2, 0.25) is 0 Å². The molecule has 1 aromatic rings. The molecule has 2 amide bonds. The Morgan fingerprint density at radius 1 is 1.12 bits per heavy atom. The summed E-state index contributed by atoms with van der Waals surface area (Å²) >= 11 is 0. The fourth-order valence-electron chi connectivity index (χ4n) is 2.93. The van der Waals surface area contributed by atoms with Crippen molar-refractivity contribution in [1.82, 2.24) is 10.6 Å². The molecular weight excluding hydrogens is 332 g/mol. The highest BCUT2D eigenvalue weighted by Gasteiger charge is 2.40. The second kappa shape index (κ2) is 11.5. The van der Waals surface area contributed by atoms with Gasteiger partial charge in [-0.15, -0.1) is 0 Å². The summed E-state index contributed by atoms with van der Waals surface area (Å²) in [4.78, 5) is 25.0. The first kappa shape index (κ1) is 22.0. The number of benzene rings is 1. The van der Waals surface area contributed by atoms with Gasteiger partial charge in [0.15, 0.2) is 0 Å². The van der Waals surface area contributed by atoms with E-state index in [1.807, 2.05) is 0 Å². The Balaban J connectivity index is 0.00000105. The van der Waals surface area contributed by atoms with Gasteiger partial charge in [0, 0.05) is 12.1 Å². The highest BCUT2D eigenvalue weighted by atomic mass is 16.5. The van der Waals surface area contributed by atoms with Gasteiger partial charge in [0.1, 0.15) is 11.3 Å². The predicted molar refractivity (Wildman–Crippen MR) is 102 cm³/mol. The summed E-state index contributed by atoms with van der Waals surface area (Å²) in [6, 6.07) is 6.79. The number of ether oxygens (including phenoxy) is 1. The lowest BCUT2D eigenvalue weighted by atomic mass is 9.80. The van der Waals surface area contributed by atoms with E-state index in [2.05, 4.69) is 24.5 Å². The number of methoxy groups -OCH3 is 1. The summed E-state index contributed by atoms with van der Waals surface area (Å²) in [6.45, 7) is 4.33. The van der Waals surface area contributed by atoms with Gasteiger partial charge in [-0.3, -0.25) is 9.59 Å². The van der Waals surface area contributed by atoms with Gasteiger partial charge in [-0.2, -0.15) is 0 Å². The molecule has 1 saturated carbocycles. The molecule has 1 aliphatic rings. The molecule has 0 atom stereocenters. The van der Waals surface area contributed by atoms with Crippen LogP contribution in [0.25, 0.3) is 0 Å². The zero-order valence-corrected chi connectivity index (χ0v) is 16.1. The van der Waals surface area contributed by atoms with E-state index in [4.69, 9.17) is 9.84 Å². The molecular formula is C20H32N2O4. The second-order valence-electron chi connectivity index (χ2n) is 6.51. The van der Waals surface area contributed by atoms with Crippen molar-refractivity contribution in [1.29, 1.82) is 0 Å². The van der Waals surface area contributed by atoms with Crippen LogP contribution in [0.15, 0.2) is 24.3 Å². The minimum absolute atomic E-state index is 0.117. The molecule has 0 aromatic heterocycles. The van der Waals surface area contributed by atoms with Crippen LogP contribution in [-0.4, -0.2) is 42.7 Å². The SMILES string of the molecule is CCC.COc1ccc(C(=O)NC2(C(=O)NCCO)CCCCC2)cc1. The van der Waals surface area contributed by atoms with Crippen LogP contribution in [0.4, 0.5) is 0 Å². The fraction of sp³-hybridized carbons (Fsp3) is 0.600. The van der Waals surface area contributed by atoms with Crippen molar-refractivity contribution in [3.8, 4) is 5.75 Å². The molecule has 0 bridgehead atoms. The number of hydrogen-bond donors (Lipinski definition) is 3. The number of carbonyl (C=O) groups is 2. The summed E-state index contributed by atoms with van der Waals surface area (Å²) in [6.07, 6.45) is 5.34. The maximum Gasteiger partial charge on any atom is 0.252 e. The van der Waals surface area contributed by atoms with Crippen molar-refractivity contribution in [2.24, 2.45) is 0 Å². The number of carbonyl (C=O) groups excluding carboxylic acids is 2. The Hall–Kier alpha value is -2.08. The summed E-state index contributed by atoms with van der Waals surface area (Å²) < 4.78 is 5.08. The Morgan fingerprint density at radius 2 is 1.69 bits per heavy atom. The molecule has 6 heteroatoms. The molecule has 0 spiro atoms. The van der Waals surface area contributed by atoms with Crippen molar-refractivity contribution in [3.05, 3.63) is 29.8 Å². The van der Waals surface area contributed by atoms with Crippen LogP contribution >= 0.6 is 0 Å². The van der Waals surface area contributed by atoms with Crippen LogP contribution in [0.1, 0.15) is 62.7 Å². The number of aliphatic hydroxyl groups excluding tert-OH is 1. The molecule has 0 aliphatic heterocycles. The third-order valence-electron chi connectivity index (χ3n) is 4.24. The summed E-state index contributed by atoms with van der Waals surface area (Å²) in [7, 11) is 1.57. The Bertz CT molecular complexity index is 551. The van der Waals surface area contributed by atoms with Crippen molar-refractivity contribution >= 4 is 11.8 Å². The third kappa shape index (κ3) is 6.33. The number of aliphatic hydroxyl groups is 1. The van der Waals surface area contributed by atoms with Crippen LogP contribution in [0, 0.1) is 0 Å². The van der Waals surface area contributed by atoms with Crippen LogP contribution in [0.3, 0.4) is 0 Å². The van der Waals surface area contributed by atoms with E-state index in [-0.39, 0.29) is 25.0 Å². The Kier molecular flexibility index (Phi) is 9.73. The maximum atomic E-state index is 12.5. The van der Waals surface area contributed by atoms with Crippen molar-refractivity contribution < 1.29 is 19.4 Å². The van der Waals surface area contributed by atoms with Gasteiger partial charge in [-0.25, -0.2) is 0 Å². The first-order chi connectivity index (χ1) is 12.5. The predicted octanol–water partition coefficient (Wildman–Crippen LogP) is 2.65. The fourth-order valence-corrected chi connectivity index (χ4v) is 2.93. The number of amides is 2. The van der Waals surface area contributed by atoms with Crippen molar-refractivity contribution in [2.45, 2.75) is 57.9 Å². The Labute approximate surface area is 156 Å². The summed E-state index contributed by atoms with van der Waals surface area (Å²) in [5.74, 6) is 0.191. The highest BCUT2D eigenvalue weighted by molar-refractivity contribution is 5.99. The van der Waals surface area contributed by atoms with E-state index in [0.29, 0.717) is 24.2 Å². The number of hydrogen-bond acceptors (Lipinski definition) is 4. The summed E-state index contributed by atoms with van der Waals surface area (Å²) in [5, 5.41) is 14.5. The maximum absolute atomic E-state index is 12.5. The molecule has 26 heavy (non-hydrogen) atoms. The highest BCUT2D eigenvalue weighted by Crippen LogP contribution is 2.29. The molecule has 1 aromatic carbocycles. The number of nitrogens with one attached hydrogen (secondary N) is 2. The van der Waals surface area contributed by atoms with Crippen LogP contribution < -0.4 is 15.4 Å². The van der Waals surface area contributed by atoms with Crippen LogP contribution in [-0.2, 0) is 4.79 Å². The zero-order chi connectivity index (χ0) is 19.4. The smallest absolute Gasteiger partial charge is 0.252 e. The zero-order valence-electron chi connectivity index (χ0n) is 16.1. The van der Waals surface area contributed by atoms with E-state index in [1.165, 1.54) is 6.42 Å². The van der Waals surface area contributed by atoms with E-state index in [1.54, 1.807) is 31.4 Å². The molecule has 1 aliphatic carbocycles.